The fraction of sp³-hybridized carbons (Fsp3) is 0.314. The Morgan fingerprint density at radius 1 is 0.851 bits per heavy atom. The SMILES string of the molecule is COc1cc2nccc(Oc3ccc(NC(=O)C4(C(=O)Nc5ccc(F)cc5)CC4)cc3)c2cc1OC(=O)N1CCN(C)CC1(C)C. The second-order valence-electron chi connectivity index (χ2n) is 12.5. The zero-order chi connectivity index (χ0) is 33.3. The van der Waals surface area contributed by atoms with Gasteiger partial charge >= 0.3 is 6.09 Å². The molecule has 2 aliphatic rings. The standard InChI is InChI=1S/C35H36FN5O6/c1-34(2)21-40(3)17-18-41(34)33(44)47-30-19-26-27(20-29(30)45-4)37-16-13-28(26)46-25-11-9-24(10-12-25)39-32(43)35(14-15-35)31(42)38-23-7-5-22(36)6-8-23/h5-13,16,19-20H,14-15,17-18,21H2,1-4H3,(H,38,42)(H,39,43). The van der Waals surface area contributed by atoms with E-state index in [-0.39, 0.29) is 5.75 Å². The minimum atomic E-state index is -1.18. The molecule has 11 nitrogen and oxygen atoms in total. The van der Waals surface area contributed by atoms with Gasteiger partial charge in [-0.05, 0) is 94.4 Å². The molecule has 244 valence electrons. The summed E-state index contributed by atoms with van der Waals surface area (Å²) in [4.78, 5) is 47.6. The van der Waals surface area contributed by atoms with E-state index in [1.54, 1.807) is 53.6 Å². The molecule has 0 spiro atoms. The van der Waals surface area contributed by atoms with Gasteiger partial charge < -0.3 is 34.6 Å². The summed E-state index contributed by atoms with van der Waals surface area (Å²) in [5.41, 5.74) is -0.0962. The Morgan fingerprint density at radius 3 is 2.09 bits per heavy atom. The van der Waals surface area contributed by atoms with Gasteiger partial charge in [0.1, 0.15) is 22.7 Å². The van der Waals surface area contributed by atoms with Gasteiger partial charge in [-0.1, -0.05) is 0 Å². The van der Waals surface area contributed by atoms with Crippen molar-refractivity contribution in [2.24, 2.45) is 5.41 Å². The van der Waals surface area contributed by atoms with Crippen molar-refractivity contribution in [2.75, 3.05) is 44.4 Å². The number of fused-ring (bicyclic) bond motifs is 1. The van der Waals surface area contributed by atoms with Gasteiger partial charge in [0, 0.05) is 48.7 Å². The summed E-state index contributed by atoms with van der Waals surface area (Å²) in [5.74, 6) is 0.306. The third kappa shape index (κ3) is 6.68. The Kier molecular flexibility index (Phi) is 8.45. The predicted molar refractivity (Wildman–Crippen MR) is 174 cm³/mol. The monoisotopic (exact) mass is 641 g/mol. The number of rotatable bonds is 8. The number of nitrogens with one attached hydrogen (secondary N) is 2. The molecule has 3 aromatic carbocycles. The van der Waals surface area contributed by atoms with Crippen molar-refractivity contribution in [3.63, 3.8) is 0 Å². The number of piperazine rings is 1. The van der Waals surface area contributed by atoms with Gasteiger partial charge in [-0.3, -0.25) is 14.6 Å². The average molecular weight is 642 g/mol. The molecule has 0 atom stereocenters. The zero-order valence-corrected chi connectivity index (χ0v) is 26.6. The van der Waals surface area contributed by atoms with Gasteiger partial charge in [0.05, 0.1) is 18.2 Å². The van der Waals surface area contributed by atoms with Crippen molar-refractivity contribution < 1.29 is 33.0 Å². The lowest BCUT2D eigenvalue weighted by atomic mass is 10.00. The number of amides is 3. The van der Waals surface area contributed by atoms with Crippen LogP contribution in [-0.4, -0.2) is 72.0 Å². The van der Waals surface area contributed by atoms with E-state index in [9.17, 15) is 18.8 Å². The van der Waals surface area contributed by atoms with Crippen LogP contribution in [0.3, 0.4) is 0 Å². The second kappa shape index (κ2) is 12.5. The number of aromatic nitrogens is 1. The van der Waals surface area contributed by atoms with Crippen LogP contribution in [0.15, 0.2) is 72.9 Å². The van der Waals surface area contributed by atoms with E-state index < -0.39 is 34.7 Å². The molecule has 1 aliphatic heterocycles. The van der Waals surface area contributed by atoms with Crippen LogP contribution in [0, 0.1) is 11.2 Å². The van der Waals surface area contributed by atoms with Gasteiger partial charge in [0.2, 0.25) is 11.8 Å². The van der Waals surface area contributed by atoms with E-state index in [1.807, 2.05) is 20.9 Å². The van der Waals surface area contributed by atoms with E-state index >= 15 is 0 Å². The van der Waals surface area contributed by atoms with Crippen LogP contribution < -0.4 is 24.8 Å². The van der Waals surface area contributed by atoms with Gasteiger partial charge in [-0.15, -0.1) is 0 Å². The number of anilines is 2. The minimum absolute atomic E-state index is 0.244. The number of pyridine rings is 1. The van der Waals surface area contributed by atoms with E-state index in [1.165, 1.54) is 31.4 Å². The summed E-state index contributed by atoms with van der Waals surface area (Å²) >= 11 is 0. The maximum atomic E-state index is 13.3. The highest BCUT2D eigenvalue weighted by atomic mass is 19.1. The highest BCUT2D eigenvalue weighted by molar-refractivity contribution is 6.16. The number of carbonyl (C=O) groups is 3. The Balaban J connectivity index is 1.15. The molecule has 0 unspecified atom stereocenters. The molecular formula is C35H36FN5O6. The summed E-state index contributed by atoms with van der Waals surface area (Å²) in [6.45, 7) is 6.01. The first-order valence-electron chi connectivity index (χ1n) is 15.3. The van der Waals surface area contributed by atoms with Crippen molar-refractivity contribution in [2.45, 2.75) is 32.2 Å². The zero-order valence-electron chi connectivity index (χ0n) is 26.6. The normalized spacial score (nSPS) is 16.7. The highest BCUT2D eigenvalue weighted by Gasteiger charge is 2.56. The number of hydrogen-bond donors (Lipinski definition) is 2. The smallest absolute Gasteiger partial charge is 0.415 e. The van der Waals surface area contributed by atoms with Crippen LogP contribution in [-0.2, 0) is 9.59 Å². The second-order valence-corrected chi connectivity index (χ2v) is 12.5. The number of ether oxygens (including phenoxy) is 3. The number of benzene rings is 3. The Labute approximate surface area is 271 Å². The van der Waals surface area contributed by atoms with Crippen LogP contribution in [0.25, 0.3) is 10.9 Å². The number of halogens is 1. The molecule has 0 bridgehead atoms. The predicted octanol–water partition coefficient (Wildman–Crippen LogP) is 6.06. The molecule has 1 saturated heterocycles. The minimum Gasteiger partial charge on any atom is -0.493 e. The van der Waals surface area contributed by atoms with Gasteiger partial charge in [-0.2, -0.15) is 0 Å². The number of hydrogen-bond acceptors (Lipinski definition) is 8. The van der Waals surface area contributed by atoms with Gasteiger partial charge in [0.25, 0.3) is 0 Å². The van der Waals surface area contributed by atoms with Crippen molar-refractivity contribution in [3.8, 4) is 23.0 Å². The van der Waals surface area contributed by atoms with Crippen LogP contribution >= 0.6 is 0 Å². The number of nitrogens with zero attached hydrogens (tertiary/aromatic N) is 3. The molecule has 12 heteroatoms. The first kappa shape index (κ1) is 31.7. The highest BCUT2D eigenvalue weighted by Crippen LogP contribution is 2.47. The summed E-state index contributed by atoms with van der Waals surface area (Å²) in [6, 6.07) is 17.2. The summed E-state index contributed by atoms with van der Waals surface area (Å²) in [6.07, 6.45) is 1.97. The van der Waals surface area contributed by atoms with Crippen LogP contribution in [0.2, 0.25) is 0 Å². The maximum Gasteiger partial charge on any atom is 0.415 e. The fourth-order valence-corrected chi connectivity index (χ4v) is 5.79. The van der Waals surface area contributed by atoms with E-state index in [2.05, 4.69) is 20.5 Å². The molecule has 1 saturated carbocycles. The van der Waals surface area contributed by atoms with E-state index in [0.717, 1.165) is 13.1 Å². The number of methoxy groups -OCH3 is 1. The fourth-order valence-electron chi connectivity index (χ4n) is 5.79. The Morgan fingerprint density at radius 2 is 1.49 bits per heavy atom. The molecule has 47 heavy (non-hydrogen) atoms. The lowest BCUT2D eigenvalue weighted by Gasteiger charge is -2.45. The molecule has 1 aromatic heterocycles. The molecule has 2 heterocycles. The lowest BCUT2D eigenvalue weighted by molar-refractivity contribution is -0.131. The molecule has 6 rings (SSSR count). The molecule has 4 aromatic rings. The van der Waals surface area contributed by atoms with Crippen molar-refractivity contribution in [3.05, 3.63) is 78.7 Å². The topological polar surface area (TPSA) is 122 Å². The van der Waals surface area contributed by atoms with E-state index in [4.69, 9.17) is 14.2 Å². The first-order valence-corrected chi connectivity index (χ1v) is 15.3. The quantitative estimate of drug-likeness (QED) is 0.223. The largest absolute Gasteiger partial charge is 0.493 e. The molecule has 0 radical (unpaired) electrons. The summed E-state index contributed by atoms with van der Waals surface area (Å²) in [7, 11) is 3.53. The summed E-state index contributed by atoms with van der Waals surface area (Å²) in [5, 5.41) is 6.13. The van der Waals surface area contributed by atoms with Gasteiger partial charge in [-0.25, -0.2) is 9.18 Å². The Bertz CT molecular complexity index is 1830. The molecule has 3 amide bonds. The van der Waals surface area contributed by atoms with Crippen LogP contribution in [0.4, 0.5) is 20.6 Å². The third-order valence-corrected chi connectivity index (χ3v) is 8.56. The van der Waals surface area contributed by atoms with Crippen LogP contribution in [0.1, 0.15) is 26.7 Å². The average Bonchev–Trinajstić information content (AvgIpc) is 3.85. The maximum absolute atomic E-state index is 13.3. The van der Waals surface area contributed by atoms with Crippen molar-refractivity contribution >= 4 is 40.2 Å². The van der Waals surface area contributed by atoms with Crippen LogP contribution in [0.5, 0.6) is 23.0 Å². The summed E-state index contributed by atoms with van der Waals surface area (Å²) < 4.78 is 30.8. The molecule has 2 N–H and O–H groups in total. The van der Waals surface area contributed by atoms with Crippen molar-refractivity contribution in [1.29, 1.82) is 0 Å². The molecule has 1 aliphatic carbocycles. The number of carbonyl (C=O) groups excluding carboxylic acids is 3. The lowest BCUT2D eigenvalue weighted by Crippen LogP contribution is -2.60. The third-order valence-electron chi connectivity index (χ3n) is 8.56. The first-order chi connectivity index (χ1) is 22.5. The van der Waals surface area contributed by atoms with E-state index in [0.29, 0.717) is 58.9 Å². The van der Waals surface area contributed by atoms with Gasteiger partial charge in [0.15, 0.2) is 11.5 Å². The molecular weight excluding hydrogens is 605 g/mol. The Hall–Kier alpha value is -5.23. The molecule has 2 fully saturated rings. The van der Waals surface area contributed by atoms with Crippen molar-refractivity contribution in [1.82, 2.24) is 14.8 Å². The number of likely N-dealkylation sites (N-methyl/N-ethyl adjacent to an activating group) is 1.